The van der Waals surface area contributed by atoms with E-state index in [2.05, 4.69) is 10.3 Å². The molecule has 0 atom stereocenters. The van der Waals surface area contributed by atoms with Crippen molar-refractivity contribution in [3.63, 3.8) is 0 Å². The van der Waals surface area contributed by atoms with Gasteiger partial charge in [-0.25, -0.2) is 4.98 Å². The summed E-state index contributed by atoms with van der Waals surface area (Å²) in [7, 11) is 3.75. The zero-order valence-corrected chi connectivity index (χ0v) is 9.78. The number of hydrogen-bond donors (Lipinski definition) is 2. The normalized spacial score (nSPS) is 11.3. The molecule has 4 nitrogen and oxygen atoms in total. The highest BCUT2D eigenvalue weighted by molar-refractivity contribution is 5.46. The summed E-state index contributed by atoms with van der Waals surface area (Å²) in [5, 5.41) is 12.7. The molecule has 0 radical (unpaired) electrons. The zero-order chi connectivity index (χ0) is 11.5. The van der Waals surface area contributed by atoms with Crippen LogP contribution in [0.5, 0.6) is 0 Å². The molecule has 1 aromatic rings. The highest BCUT2D eigenvalue weighted by Crippen LogP contribution is 2.14. The lowest BCUT2D eigenvalue weighted by Gasteiger charge is -2.26. The number of likely N-dealkylation sites (N-methyl/N-ethyl adjacent to an activating group) is 1. The number of pyridine rings is 1. The Balaban J connectivity index is 2.77. The van der Waals surface area contributed by atoms with Crippen molar-refractivity contribution in [1.82, 2.24) is 4.98 Å². The van der Waals surface area contributed by atoms with Gasteiger partial charge >= 0.3 is 0 Å². The van der Waals surface area contributed by atoms with E-state index < -0.39 is 5.60 Å². The van der Waals surface area contributed by atoms with E-state index in [1.165, 1.54) is 0 Å². The van der Waals surface area contributed by atoms with Gasteiger partial charge in [0.1, 0.15) is 11.6 Å². The van der Waals surface area contributed by atoms with Gasteiger partial charge in [0.2, 0.25) is 0 Å². The number of hydrogen-bond acceptors (Lipinski definition) is 4. The van der Waals surface area contributed by atoms with Gasteiger partial charge in [-0.1, -0.05) is 6.07 Å². The predicted octanol–water partition coefficient (Wildman–Crippen LogP) is 1.33. The van der Waals surface area contributed by atoms with Gasteiger partial charge in [0, 0.05) is 20.6 Å². The Kier molecular flexibility index (Phi) is 3.52. The second-order valence-electron chi connectivity index (χ2n) is 4.30. The zero-order valence-electron chi connectivity index (χ0n) is 9.78. The minimum atomic E-state index is -0.716. The van der Waals surface area contributed by atoms with Crippen molar-refractivity contribution in [2.75, 3.05) is 30.9 Å². The van der Waals surface area contributed by atoms with Crippen LogP contribution in [-0.4, -0.2) is 36.3 Å². The average Bonchev–Trinajstić information content (AvgIpc) is 2.15. The second-order valence-corrected chi connectivity index (χ2v) is 4.30. The largest absolute Gasteiger partial charge is 0.389 e. The fraction of sp³-hybridized carbons (Fsp3) is 0.545. The van der Waals surface area contributed by atoms with Crippen molar-refractivity contribution in [3.05, 3.63) is 18.2 Å². The Morgan fingerprint density at radius 2 is 2.13 bits per heavy atom. The Hall–Kier alpha value is -1.29. The molecule has 2 N–H and O–H groups in total. The van der Waals surface area contributed by atoms with E-state index in [0.29, 0.717) is 6.54 Å². The quantitative estimate of drug-likeness (QED) is 0.785. The Labute approximate surface area is 90.9 Å². The van der Waals surface area contributed by atoms with Crippen molar-refractivity contribution in [1.29, 1.82) is 0 Å². The topological polar surface area (TPSA) is 48.4 Å². The number of aromatic nitrogens is 1. The molecule has 1 aromatic heterocycles. The predicted molar refractivity (Wildman–Crippen MR) is 63.4 cm³/mol. The van der Waals surface area contributed by atoms with Crippen molar-refractivity contribution >= 4 is 11.6 Å². The molecule has 0 aliphatic heterocycles. The monoisotopic (exact) mass is 209 g/mol. The van der Waals surface area contributed by atoms with E-state index in [4.69, 9.17) is 0 Å². The summed E-state index contributed by atoms with van der Waals surface area (Å²) in [6, 6.07) is 5.77. The Morgan fingerprint density at radius 1 is 1.47 bits per heavy atom. The van der Waals surface area contributed by atoms with E-state index in [9.17, 15) is 5.11 Å². The summed E-state index contributed by atoms with van der Waals surface area (Å²) in [6.07, 6.45) is 0. The first-order valence-electron chi connectivity index (χ1n) is 5.01. The minimum Gasteiger partial charge on any atom is -0.389 e. The SMILES string of the molecule is CNc1cccc(N(C)CC(C)(C)O)n1. The molecule has 0 aliphatic carbocycles. The van der Waals surface area contributed by atoms with Crippen molar-refractivity contribution in [3.8, 4) is 0 Å². The fourth-order valence-electron chi connectivity index (χ4n) is 1.44. The van der Waals surface area contributed by atoms with Gasteiger partial charge in [-0.3, -0.25) is 0 Å². The second kappa shape index (κ2) is 4.49. The lowest BCUT2D eigenvalue weighted by Crippen LogP contribution is -2.36. The maximum atomic E-state index is 9.69. The molecule has 1 rings (SSSR count). The van der Waals surface area contributed by atoms with Crippen LogP contribution < -0.4 is 10.2 Å². The number of rotatable bonds is 4. The van der Waals surface area contributed by atoms with Gasteiger partial charge in [0.25, 0.3) is 0 Å². The highest BCUT2D eigenvalue weighted by atomic mass is 16.3. The lowest BCUT2D eigenvalue weighted by molar-refractivity contribution is 0.0884. The van der Waals surface area contributed by atoms with Crippen LogP contribution >= 0.6 is 0 Å². The smallest absolute Gasteiger partial charge is 0.130 e. The first-order valence-corrected chi connectivity index (χ1v) is 5.01. The molecular weight excluding hydrogens is 190 g/mol. The summed E-state index contributed by atoms with van der Waals surface area (Å²) < 4.78 is 0. The van der Waals surface area contributed by atoms with E-state index >= 15 is 0 Å². The van der Waals surface area contributed by atoms with Gasteiger partial charge < -0.3 is 15.3 Å². The Bertz CT molecular complexity index is 320. The van der Waals surface area contributed by atoms with Crippen molar-refractivity contribution in [2.24, 2.45) is 0 Å². The van der Waals surface area contributed by atoms with Gasteiger partial charge in [0.15, 0.2) is 0 Å². The van der Waals surface area contributed by atoms with Crippen LogP contribution in [0.25, 0.3) is 0 Å². The summed E-state index contributed by atoms with van der Waals surface area (Å²) in [5.74, 6) is 1.68. The molecule has 0 aromatic carbocycles. The molecule has 4 heteroatoms. The molecule has 1 heterocycles. The van der Waals surface area contributed by atoms with E-state index in [-0.39, 0.29) is 0 Å². The minimum absolute atomic E-state index is 0.549. The van der Waals surface area contributed by atoms with Gasteiger partial charge in [0.05, 0.1) is 5.60 Å². The first-order chi connectivity index (χ1) is 6.92. The summed E-state index contributed by atoms with van der Waals surface area (Å²) in [4.78, 5) is 6.31. The lowest BCUT2D eigenvalue weighted by atomic mass is 10.1. The van der Waals surface area contributed by atoms with Crippen LogP contribution in [0.2, 0.25) is 0 Å². The molecular formula is C11H19N3O. The Morgan fingerprint density at radius 3 is 2.67 bits per heavy atom. The third-order valence-electron chi connectivity index (χ3n) is 2.01. The maximum absolute atomic E-state index is 9.69. The van der Waals surface area contributed by atoms with Crippen molar-refractivity contribution < 1.29 is 5.11 Å². The fourth-order valence-corrected chi connectivity index (χ4v) is 1.44. The maximum Gasteiger partial charge on any atom is 0.130 e. The summed E-state index contributed by atoms with van der Waals surface area (Å²) in [6.45, 7) is 4.12. The van der Waals surface area contributed by atoms with Crippen molar-refractivity contribution in [2.45, 2.75) is 19.4 Å². The number of anilines is 2. The molecule has 0 amide bonds. The van der Waals surface area contributed by atoms with Crippen LogP contribution in [0.4, 0.5) is 11.6 Å². The number of nitrogens with one attached hydrogen (secondary N) is 1. The molecule has 0 bridgehead atoms. The first kappa shape index (κ1) is 11.8. The average molecular weight is 209 g/mol. The van der Waals surface area contributed by atoms with Crippen LogP contribution in [0.3, 0.4) is 0 Å². The molecule has 0 aliphatic rings. The molecule has 0 spiro atoms. The van der Waals surface area contributed by atoms with E-state index in [1.807, 2.05) is 37.2 Å². The molecule has 0 saturated heterocycles. The summed E-state index contributed by atoms with van der Waals surface area (Å²) in [5.41, 5.74) is -0.716. The van der Waals surface area contributed by atoms with Crippen LogP contribution in [0, 0.1) is 0 Å². The molecule has 0 fully saturated rings. The number of nitrogens with zero attached hydrogens (tertiary/aromatic N) is 2. The van der Waals surface area contributed by atoms with Gasteiger partial charge in [-0.2, -0.15) is 0 Å². The van der Waals surface area contributed by atoms with E-state index in [0.717, 1.165) is 11.6 Å². The van der Waals surface area contributed by atoms with Gasteiger partial charge in [-0.15, -0.1) is 0 Å². The third-order valence-corrected chi connectivity index (χ3v) is 2.01. The van der Waals surface area contributed by atoms with E-state index in [1.54, 1.807) is 13.8 Å². The highest BCUT2D eigenvalue weighted by Gasteiger charge is 2.16. The van der Waals surface area contributed by atoms with Crippen LogP contribution in [-0.2, 0) is 0 Å². The molecule has 15 heavy (non-hydrogen) atoms. The number of aliphatic hydroxyl groups is 1. The summed E-state index contributed by atoms with van der Waals surface area (Å²) >= 11 is 0. The van der Waals surface area contributed by atoms with Crippen LogP contribution in [0.15, 0.2) is 18.2 Å². The van der Waals surface area contributed by atoms with Gasteiger partial charge in [-0.05, 0) is 26.0 Å². The standard InChI is InChI=1S/C11H19N3O/c1-11(2,15)8-14(4)10-7-5-6-9(12-3)13-10/h5-7,15H,8H2,1-4H3,(H,12,13). The molecule has 0 saturated carbocycles. The van der Waals surface area contributed by atoms with Crippen LogP contribution in [0.1, 0.15) is 13.8 Å². The molecule has 84 valence electrons. The molecule has 0 unspecified atom stereocenters. The third kappa shape index (κ3) is 3.75.